The largest absolute Gasteiger partial charge is 0.493 e. The lowest BCUT2D eigenvalue weighted by molar-refractivity contribution is 0.356. The van der Waals surface area contributed by atoms with Gasteiger partial charge >= 0.3 is 0 Å². The average Bonchev–Trinajstić information content (AvgIpc) is 2.80. The molecule has 1 aromatic heterocycles. The molecule has 0 amide bonds. The lowest BCUT2D eigenvalue weighted by Crippen LogP contribution is -2.16. The topological polar surface area (TPSA) is 59.2 Å². The van der Waals surface area contributed by atoms with Crippen LogP contribution in [-0.2, 0) is 0 Å². The first-order valence-electron chi connectivity index (χ1n) is 6.02. The molecule has 2 rings (SSSR count). The predicted molar refractivity (Wildman–Crippen MR) is 71.3 cm³/mol. The fourth-order valence-electron chi connectivity index (χ4n) is 2.06. The van der Waals surface area contributed by atoms with Crippen molar-refractivity contribution in [3.05, 3.63) is 18.0 Å². The first kappa shape index (κ1) is 12.7. The van der Waals surface area contributed by atoms with Crippen molar-refractivity contribution in [1.29, 1.82) is 0 Å². The molecule has 0 fully saturated rings. The molecule has 1 aromatic carbocycles. The van der Waals surface area contributed by atoms with Crippen molar-refractivity contribution in [3.8, 4) is 11.5 Å². The van der Waals surface area contributed by atoms with E-state index in [9.17, 15) is 0 Å². The number of ether oxygens (including phenoxy) is 2. The summed E-state index contributed by atoms with van der Waals surface area (Å²) in [6, 6.07) is 4.03. The highest BCUT2D eigenvalue weighted by Gasteiger charge is 2.14. The monoisotopic (exact) mass is 249 g/mol. The van der Waals surface area contributed by atoms with E-state index in [1.807, 2.05) is 19.2 Å². The van der Waals surface area contributed by atoms with E-state index in [-0.39, 0.29) is 6.04 Å². The molecule has 0 aliphatic carbocycles. The maximum absolute atomic E-state index is 5.28. The minimum absolute atomic E-state index is 0.231. The number of fused-ring (bicyclic) bond motifs is 1. The summed E-state index contributed by atoms with van der Waals surface area (Å²) in [7, 11) is 5.19. The molecule has 0 bridgehead atoms. The van der Waals surface area contributed by atoms with Gasteiger partial charge in [-0.3, -0.25) is 0 Å². The molecule has 1 atom stereocenters. The molecule has 0 radical (unpaired) electrons. The van der Waals surface area contributed by atoms with Gasteiger partial charge in [0, 0.05) is 12.1 Å². The van der Waals surface area contributed by atoms with Gasteiger partial charge in [-0.25, -0.2) is 4.98 Å². The Kier molecular flexibility index (Phi) is 3.72. The number of rotatable bonds is 5. The van der Waals surface area contributed by atoms with Gasteiger partial charge in [-0.2, -0.15) is 0 Å². The smallest absolute Gasteiger partial charge is 0.163 e. The Morgan fingerprint density at radius 1 is 1.28 bits per heavy atom. The van der Waals surface area contributed by atoms with Gasteiger partial charge in [-0.15, -0.1) is 0 Å². The van der Waals surface area contributed by atoms with Crippen molar-refractivity contribution in [1.82, 2.24) is 15.3 Å². The minimum Gasteiger partial charge on any atom is -0.493 e. The molecule has 5 nitrogen and oxygen atoms in total. The third-order valence-corrected chi connectivity index (χ3v) is 3.09. The molecular weight excluding hydrogens is 230 g/mol. The van der Waals surface area contributed by atoms with Gasteiger partial charge in [0.2, 0.25) is 0 Å². The highest BCUT2D eigenvalue weighted by atomic mass is 16.5. The van der Waals surface area contributed by atoms with Crippen LogP contribution in [0.15, 0.2) is 12.1 Å². The van der Waals surface area contributed by atoms with E-state index < -0.39 is 0 Å². The lowest BCUT2D eigenvalue weighted by atomic mass is 10.2. The molecule has 98 valence electrons. The van der Waals surface area contributed by atoms with Crippen LogP contribution in [0, 0.1) is 0 Å². The third-order valence-electron chi connectivity index (χ3n) is 3.09. The summed E-state index contributed by atoms with van der Waals surface area (Å²) in [5, 5.41) is 3.23. The Balaban J connectivity index is 2.50. The molecule has 2 N–H and O–H groups in total. The maximum Gasteiger partial charge on any atom is 0.163 e. The first-order chi connectivity index (χ1) is 8.73. The molecule has 18 heavy (non-hydrogen) atoms. The van der Waals surface area contributed by atoms with Crippen LogP contribution in [-0.4, -0.2) is 31.2 Å². The van der Waals surface area contributed by atoms with Gasteiger partial charge in [0.25, 0.3) is 0 Å². The second kappa shape index (κ2) is 5.27. The number of benzene rings is 1. The summed E-state index contributed by atoms with van der Waals surface area (Å²) in [5.41, 5.74) is 1.84. The molecular formula is C13H19N3O2. The second-order valence-corrected chi connectivity index (χ2v) is 4.10. The average molecular weight is 249 g/mol. The van der Waals surface area contributed by atoms with Crippen LogP contribution < -0.4 is 14.8 Å². The number of aromatic amines is 1. The number of aromatic nitrogens is 2. The van der Waals surface area contributed by atoms with Crippen LogP contribution in [0.5, 0.6) is 11.5 Å². The molecule has 0 aliphatic rings. The highest BCUT2D eigenvalue weighted by molar-refractivity contribution is 5.79. The number of nitrogens with zero attached hydrogens (tertiary/aromatic N) is 1. The van der Waals surface area contributed by atoms with Crippen LogP contribution in [0.4, 0.5) is 0 Å². The van der Waals surface area contributed by atoms with Crippen molar-refractivity contribution in [2.75, 3.05) is 21.3 Å². The summed E-state index contributed by atoms with van der Waals surface area (Å²) < 4.78 is 10.6. The molecule has 0 saturated heterocycles. The number of hydrogen-bond acceptors (Lipinski definition) is 4. The van der Waals surface area contributed by atoms with Crippen molar-refractivity contribution in [3.63, 3.8) is 0 Å². The van der Waals surface area contributed by atoms with Crippen LogP contribution in [0.3, 0.4) is 0 Å². The van der Waals surface area contributed by atoms with E-state index in [1.54, 1.807) is 14.2 Å². The Bertz CT molecular complexity index is 491. The Morgan fingerprint density at radius 2 is 1.94 bits per heavy atom. The van der Waals surface area contributed by atoms with E-state index in [0.29, 0.717) is 11.5 Å². The minimum atomic E-state index is 0.231. The molecule has 0 aliphatic heterocycles. The summed E-state index contributed by atoms with van der Waals surface area (Å²) in [6.45, 7) is 2.12. The summed E-state index contributed by atoms with van der Waals surface area (Å²) in [4.78, 5) is 7.90. The van der Waals surface area contributed by atoms with Crippen molar-refractivity contribution >= 4 is 11.0 Å². The van der Waals surface area contributed by atoms with Crippen LogP contribution in [0.25, 0.3) is 11.0 Å². The third kappa shape index (κ3) is 2.13. The van der Waals surface area contributed by atoms with Crippen molar-refractivity contribution < 1.29 is 9.47 Å². The Hall–Kier alpha value is -1.75. The zero-order valence-electron chi connectivity index (χ0n) is 11.2. The van der Waals surface area contributed by atoms with Gasteiger partial charge in [0.05, 0.1) is 31.3 Å². The first-order valence-corrected chi connectivity index (χ1v) is 6.02. The fraction of sp³-hybridized carbons (Fsp3) is 0.462. The molecule has 2 aromatic rings. The summed E-state index contributed by atoms with van der Waals surface area (Å²) >= 11 is 0. The number of H-pyrrole nitrogens is 1. The molecule has 1 heterocycles. The number of nitrogens with one attached hydrogen (secondary N) is 2. The van der Waals surface area contributed by atoms with Gasteiger partial charge in [-0.05, 0) is 13.5 Å². The zero-order chi connectivity index (χ0) is 13.1. The summed E-state index contributed by atoms with van der Waals surface area (Å²) in [5.74, 6) is 2.34. The molecule has 0 saturated carbocycles. The summed E-state index contributed by atoms with van der Waals surface area (Å²) in [6.07, 6.45) is 0.977. The highest BCUT2D eigenvalue weighted by Crippen LogP contribution is 2.31. The number of hydrogen-bond donors (Lipinski definition) is 2. The lowest BCUT2D eigenvalue weighted by Gasteiger charge is -2.09. The molecule has 5 heteroatoms. The van der Waals surface area contributed by atoms with Gasteiger partial charge in [0.15, 0.2) is 11.5 Å². The normalized spacial score (nSPS) is 12.7. The van der Waals surface area contributed by atoms with E-state index in [2.05, 4.69) is 22.2 Å². The van der Waals surface area contributed by atoms with E-state index >= 15 is 0 Å². The molecule has 0 spiro atoms. The number of imidazole rings is 1. The predicted octanol–water partition coefficient (Wildman–Crippen LogP) is 2.25. The van der Waals surface area contributed by atoms with Gasteiger partial charge in [0.1, 0.15) is 5.82 Å². The van der Waals surface area contributed by atoms with Crippen LogP contribution >= 0.6 is 0 Å². The molecule has 1 unspecified atom stereocenters. The Labute approximate surface area is 107 Å². The van der Waals surface area contributed by atoms with E-state index in [1.165, 1.54) is 0 Å². The Morgan fingerprint density at radius 3 is 2.50 bits per heavy atom. The SMILES string of the molecule is CCC(NC)c1nc2cc(OC)c(OC)cc2[nH]1. The van der Waals surface area contributed by atoms with Gasteiger partial charge < -0.3 is 19.8 Å². The van der Waals surface area contributed by atoms with Crippen LogP contribution in [0.2, 0.25) is 0 Å². The second-order valence-electron chi connectivity index (χ2n) is 4.10. The quantitative estimate of drug-likeness (QED) is 0.853. The van der Waals surface area contributed by atoms with E-state index in [4.69, 9.17) is 9.47 Å². The van der Waals surface area contributed by atoms with Gasteiger partial charge in [-0.1, -0.05) is 6.92 Å². The standard InChI is InChI=1S/C13H19N3O2/c1-5-8(14-2)13-15-9-6-11(17-3)12(18-4)7-10(9)16-13/h6-8,14H,5H2,1-4H3,(H,15,16). The maximum atomic E-state index is 5.28. The van der Waals surface area contributed by atoms with Crippen LogP contribution in [0.1, 0.15) is 25.2 Å². The van der Waals surface area contributed by atoms with Crippen molar-refractivity contribution in [2.45, 2.75) is 19.4 Å². The van der Waals surface area contributed by atoms with Crippen molar-refractivity contribution in [2.24, 2.45) is 0 Å². The number of methoxy groups -OCH3 is 2. The fourth-order valence-corrected chi connectivity index (χ4v) is 2.06. The zero-order valence-corrected chi connectivity index (χ0v) is 11.2. The van der Waals surface area contributed by atoms with E-state index in [0.717, 1.165) is 23.3 Å².